The molecule has 1 aliphatic rings. The average Bonchev–Trinajstić information content (AvgIpc) is 2.78. The number of esters is 1. The molecule has 1 aromatic carbocycles. The third kappa shape index (κ3) is 4.21. The average molecular weight is 346 g/mol. The summed E-state index contributed by atoms with van der Waals surface area (Å²) in [5.74, 6) is -2.59. The van der Waals surface area contributed by atoms with Crippen LogP contribution in [-0.4, -0.2) is 41.0 Å². The first-order valence-corrected chi connectivity index (χ1v) is 6.88. The van der Waals surface area contributed by atoms with Gasteiger partial charge in [0.05, 0.1) is 10.8 Å². The number of rotatable bonds is 4. The molecule has 1 unspecified atom stereocenters. The van der Waals surface area contributed by atoms with Crippen molar-refractivity contribution in [3.05, 3.63) is 33.9 Å². The van der Waals surface area contributed by atoms with Crippen molar-refractivity contribution in [2.45, 2.75) is 19.5 Å². The summed E-state index contributed by atoms with van der Waals surface area (Å²) in [6, 6.07) is 3.65. The SMILES string of the molecule is Cc1cc(OC(=O)C2CC(=O)N(CC(F)(F)F)C2)ccc1[N+](=O)[O-]. The Hall–Kier alpha value is -2.65. The van der Waals surface area contributed by atoms with Gasteiger partial charge in [-0.05, 0) is 19.1 Å². The Morgan fingerprint density at radius 1 is 1.46 bits per heavy atom. The predicted molar refractivity (Wildman–Crippen MR) is 74.2 cm³/mol. The number of ether oxygens (including phenoxy) is 1. The highest BCUT2D eigenvalue weighted by molar-refractivity contribution is 5.87. The van der Waals surface area contributed by atoms with Crippen molar-refractivity contribution in [3.63, 3.8) is 0 Å². The van der Waals surface area contributed by atoms with Crippen LogP contribution in [0.1, 0.15) is 12.0 Å². The Kier molecular flexibility index (Phi) is 4.76. The zero-order valence-corrected chi connectivity index (χ0v) is 12.5. The molecule has 1 fully saturated rings. The number of hydrogen-bond donors (Lipinski definition) is 0. The van der Waals surface area contributed by atoms with Gasteiger partial charge >= 0.3 is 12.1 Å². The van der Waals surface area contributed by atoms with Crippen LogP contribution in [0.5, 0.6) is 5.75 Å². The maximum atomic E-state index is 12.3. The molecule has 7 nitrogen and oxygen atoms in total. The monoisotopic (exact) mass is 346 g/mol. The lowest BCUT2D eigenvalue weighted by molar-refractivity contribution is -0.385. The first-order valence-electron chi connectivity index (χ1n) is 6.88. The fourth-order valence-corrected chi connectivity index (χ4v) is 2.40. The van der Waals surface area contributed by atoms with Gasteiger partial charge in [0.2, 0.25) is 5.91 Å². The van der Waals surface area contributed by atoms with E-state index in [4.69, 9.17) is 4.74 Å². The van der Waals surface area contributed by atoms with Gasteiger partial charge in [0, 0.05) is 24.6 Å². The van der Waals surface area contributed by atoms with Crippen LogP contribution < -0.4 is 4.74 Å². The van der Waals surface area contributed by atoms with E-state index in [-0.39, 0.29) is 30.0 Å². The lowest BCUT2D eigenvalue weighted by Crippen LogP contribution is -2.36. The second-order valence-corrected chi connectivity index (χ2v) is 5.42. The zero-order chi connectivity index (χ0) is 18.1. The Morgan fingerprint density at radius 3 is 2.67 bits per heavy atom. The second-order valence-electron chi connectivity index (χ2n) is 5.42. The summed E-state index contributed by atoms with van der Waals surface area (Å²) < 4.78 is 42.0. The molecule has 1 amide bonds. The van der Waals surface area contributed by atoms with E-state index >= 15 is 0 Å². The third-order valence-electron chi connectivity index (χ3n) is 3.50. The van der Waals surface area contributed by atoms with E-state index in [9.17, 15) is 32.9 Å². The van der Waals surface area contributed by atoms with Crippen LogP contribution in [0, 0.1) is 23.0 Å². The summed E-state index contributed by atoms with van der Waals surface area (Å²) in [5.41, 5.74) is 0.119. The number of likely N-dealkylation sites (tertiary alicyclic amines) is 1. The predicted octanol–water partition coefficient (Wildman–Crippen LogP) is 2.22. The molecule has 0 radical (unpaired) electrons. The Balaban J connectivity index is 2.02. The molecule has 0 saturated carbocycles. The van der Waals surface area contributed by atoms with Gasteiger partial charge < -0.3 is 9.64 Å². The first kappa shape index (κ1) is 17.7. The lowest BCUT2D eigenvalue weighted by atomic mass is 10.1. The van der Waals surface area contributed by atoms with Crippen LogP contribution in [-0.2, 0) is 9.59 Å². The molecule has 1 heterocycles. The number of carbonyl (C=O) groups is 2. The molecule has 0 N–H and O–H groups in total. The molecule has 0 spiro atoms. The molecule has 2 rings (SSSR count). The number of carbonyl (C=O) groups excluding carboxylic acids is 2. The molecule has 1 aromatic rings. The van der Waals surface area contributed by atoms with Crippen LogP contribution in [0.25, 0.3) is 0 Å². The molecule has 0 aliphatic carbocycles. The highest BCUT2D eigenvalue weighted by Gasteiger charge is 2.41. The highest BCUT2D eigenvalue weighted by Crippen LogP contribution is 2.27. The number of benzene rings is 1. The number of amides is 1. The first-order chi connectivity index (χ1) is 11.1. The van der Waals surface area contributed by atoms with Crippen molar-refractivity contribution in [1.82, 2.24) is 4.90 Å². The number of hydrogen-bond acceptors (Lipinski definition) is 5. The number of alkyl halides is 3. The fourth-order valence-electron chi connectivity index (χ4n) is 2.40. The summed E-state index contributed by atoms with van der Waals surface area (Å²) >= 11 is 0. The minimum absolute atomic E-state index is 0.0322. The fraction of sp³-hybridized carbons (Fsp3) is 0.429. The van der Waals surface area contributed by atoms with Gasteiger partial charge in [-0.1, -0.05) is 0 Å². The molecule has 130 valence electrons. The Morgan fingerprint density at radius 2 is 2.12 bits per heavy atom. The minimum atomic E-state index is -4.54. The smallest absolute Gasteiger partial charge is 0.406 e. The van der Waals surface area contributed by atoms with Crippen LogP contribution in [0.2, 0.25) is 0 Å². The lowest BCUT2D eigenvalue weighted by Gasteiger charge is -2.18. The van der Waals surface area contributed by atoms with Gasteiger partial charge in [0.15, 0.2) is 0 Å². The van der Waals surface area contributed by atoms with E-state index in [0.717, 1.165) is 6.07 Å². The number of nitrogens with zero attached hydrogens (tertiary/aromatic N) is 2. The van der Waals surface area contributed by atoms with Gasteiger partial charge in [0.25, 0.3) is 5.69 Å². The largest absolute Gasteiger partial charge is 0.426 e. The van der Waals surface area contributed by atoms with E-state index in [0.29, 0.717) is 4.90 Å². The van der Waals surface area contributed by atoms with Crippen molar-refractivity contribution in [2.24, 2.45) is 5.92 Å². The quantitative estimate of drug-likeness (QED) is 0.361. The molecular weight excluding hydrogens is 333 g/mol. The van der Waals surface area contributed by atoms with Crippen molar-refractivity contribution >= 4 is 17.6 Å². The molecule has 10 heteroatoms. The Labute approximate surface area is 134 Å². The summed E-state index contributed by atoms with van der Waals surface area (Å²) in [7, 11) is 0. The molecule has 1 saturated heterocycles. The summed E-state index contributed by atoms with van der Waals surface area (Å²) in [4.78, 5) is 34.2. The van der Waals surface area contributed by atoms with Crippen LogP contribution in [0.4, 0.5) is 18.9 Å². The minimum Gasteiger partial charge on any atom is -0.426 e. The van der Waals surface area contributed by atoms with E-state index < -0.39 is 35.4 Å². The van der Waals surface area contributed by atoms with Crippen molar-refractivity contribution in [3.8, 4) is 5.75 Å². The van der Waals surface area contributed by atoms with E-state index in [1.807, 2.05) is 0 Å². The van der Waals surface area contributed by atoms with E-state index in [1.165, 1.54) is 19.1 Å². The summed E-state index contributed by atoms with van der Waals surface area (Å²) in [6.45, 7) is -0.324. The molecule has 1 aliphatic heterocycles. The number of aryl methyl sites for hydroxylation is 1. The van der Waals surface area contributed by atoms with Crippen molar-refractivity contribution < 1.29 is 32.4 Å². The molecule has 24 heavy (non-hydrogen) atoms. The third-order valence-corrected chi connectivity index (χ3v) is 3.50. The molecule has 1 atom stereocenters. The summed E-state index contributed by atoms with van der Waals surface area (Å²) in [5, 5.41) is 10.7. The maximum Gasteiger partial charge on any atom is 0.406 e. The topological polar surface area (TPSA) is 89.8 Å². The molecule has 0 aromatic heterocycles. The number of halogens is 3. The highest BCUT2D eigenvalue weighted by atomic mass is 19.4. The van der Waals surface area contributed by atoms with Crippen LogP contribution in [0.3, 0.4) is 0 Å². The van der Waals surface area contributed by atoms with Crippen molar-refractivity contribution in [2.75, 3.05) is 13.1 Å². The Bertz CT molecular complexity index is 689. The molecule has 0 bridgehead atoms. The normalized spacial score (nSPS) is 17.9. The van der Waals surface area contributed by atoms with Gasteiger partial charge in [0.1, 0.15) is 12.3 Å². The number of nitro groups is 1. The second kappa shape index (κ2) is 6.46. The van der Waals surface area contributed by atoms with Crippen LogP contribution >= 0.6 is 0 Å². The molecular formula is C14H13F3N2O5. The van der Waals surface area contributed by atoms with Gasteiger partial charge in [-0.25, -0.2) is 0 Å². The summed E-state index contributed by atoms with van der Waals surface area (Å²) in [6.07, 6.45) is -4.90. The van der Waals surface area contributed by atoms with Crippen LogP contribution in [0.15, 0.2) is 18.2 Å². The standard InChI is InChI=1S/C14H13F3N2O5/c1-8-4-10(2-3-11(8)19(22)23)24-13(21)9-5-12(20)18(6-9)7-14(15,16)17/h2-4,9H,5-7H2,1H3. The van der Waals surface area contributed by atoms with Gasteiger partial charge in [-0.3, -0.25) is 19.7 Å². The maximum absolute atomic E-state index is 12.3. The number of nitro benzene ring substituents is 1. The zero-order valence-electron chi connectivity index (χ0n) is 12.5. The van der Waals surface area contributed by atoms with E-state index in [1.54, 1.807) is 0 Å². The van der Waals surface area contributed by atoms with Gasteiger partial charge in [-0.15, -0.1) is 0 Å². The van der Waals surface area contributed by atoms with Gasteiger partial charge in [-0.2, -0.15) is 13.2 Å². The van der Waals surface area contributed by atoms with E-state index in [2.05, 4.69) is 0 Å². The van der Waals surface area contributed by atoms with Crippen molar-refractivity contribution in [1.29, 1.82) is 0 Å².